The maximum absolute atomic E-state index is 12.5. The summed E-state index contributed by atoms with van der Waals surface area (Å²) < 4.78 is 28.0. The van der Waals surface area contributed by atoms with Crippen LogP contribution in [0.25, 0.3) is 0 Å². The molecule has 0 amide bonds. The Morgan fingerprint density at radius 2 is 2.28 bits per heavy atom. The normalized spacial score (nSPS) is 22.2. The highest BCUT2D eigenvalue weighted by Crippen LogP contribution is 2.25. The van der Waals surface area contributed by atoms with Crippen LogP contribution in [0.2, 0.25) is 0 Å². The van der Waals surface area contributed by atoms with Crippen LogP contribution in [0.3, 0.4) is 0 Å². The Morgan fingerprint density at radius 1 is 1.50 bits per heavy atom. The molecule has 0 bridgehead atoms. The first-order valence-electron chi connectivity index (χ1n) is 6.16. The minimum atomic E-state index is -3.52. The molecule has 1 fully saturated rings. The summed E-state index contributed by atoms with van der Waals surface area (Å²) >= 11 is 0. The van der Waals surface area contributed by atoms with E-state index in [-0.39, 0.29) is 17.7 Å². The summed E-state index contributed by atoms with van der Waals surface area (Å²) in [5, 5.41) is 9.13. The molecule has 1 N–H and O–H groups in total. The van der Waals surface area contributed by atoms with Gasteiger partial charge in [-0.25, -0.2) is 13.4 Å². The number of piperidine rings is 1. The van der Waals surface area contributed by atoms with E-state index in [2.05, 4.69) is 4.98 Å². The highest BCUT2D eigenvalue weighted by molar-refractivity contribution is 7.89. The van der Waals surface area contributed by atoms with Gasteiger partial charge in [-0.1, -0.05) is 6.42 Å². The number of nitrogens with zero attached hydrogens (tertiary/aromatic N) is 3. The number of rotatable bonds is 4. The monoisotopic (exact) mass is 273 g/mol. The van der Waals surface area contributed by atoms with Gasteiger partial charge in [-0.05, 0) is 19.3 Å². The molecule has 2 rings (SSSR count). The topological polar surface area (TPSA) is 75.4 Å². The van der Waals surface area contributed by atoms with E-state index in [1.54, 1.807) is 11.6 Å². The lowest BCUT2D eigenvalue weighted by atomic mass is 10.0. The highest BCUT2D eigenvalue weighted by Gasteiger charge is 2.34. The molecule has 0 aromatic carbocycles. The second kappa shape index (κ2) is 5.38. The lowest BCUT2D eigenvalue weighted by Gasteiger charge is -2.33. The van der Waals surface area contributed by atoms with Crippen molar-refractivity contribution in [2.75, 3.05) is 13.2 Å². The van der Waals surface area contributed by atoms with Crippen molar-refractivity contribution in [3.63, 3.8) is 0 Å². The van der Waals surface area contributed by atoms with Crippen LogP contribution in [0.5, 0.6) is 0 Å². The van der Waals surface area contributed by atoms with Crippen molar-refractivity contribution in [3.05, 3.63) is 12.5 Å². The van der Waals surface area contributed by atoms with E-state index in [0.29, 0.717) is 13.0 Å². The van der Waals surface area contributed by atoms with E-state index in [1.807, 2.05) is 0 Å². The van der Waals surface area contributed by atoms with Gasteiger partial charge in [0.15, 0.2) is 5.03 Å². The Hall–Kier alpha value is -0.920. The summed E-state index contributed by atoms with van der Waals surface area (Å²) in [5.74, 6) is 0. The Balaban J connectivity index is 2.27. The maximum atomic E-state index is 12.5. The number of aryl methyl sites for hydroxylation is 1. The van der Waals surface area contributed by atoms with Crippen molar-refractivity contribution < 1.29 is 13.5 Å². The summed E-state index contributed by atoms with van der Waals surface area (Å²) in [5.41, 5.74) is 0. The van der Waals surface area contributed by atoms with Crippen molar-refractivity contribution >= 4 is 10.0 Å². The first-order valence-corrected chi connectivity index (χ1v) is 7.60. The summed E-state index contributed by atoms with van der Waals surface area (Å²) in [6, 6.07) is -0.101. The molecule has 1 aliphatic heterocycles. The number of hydrogen-bond donors (Lipinski definition) is 1. The number of aliphatic hydroxyl groups is 1. The first kappa shape index (κ1) is 13.5. The smallest absolute Gasteiger partial charge is 0.262 e. The minimum absolute atomic E-state index is 0.0128. The second-order valence-corrected chi connectivity index (χ2v) is 6.49. The standard InChI is InChI=1S/C11H19N3O3S/c1-13-8-11(12-9-13)18(16,17)14-6-3-2-4-10(14)5-7-15/h8-10,15H,2-7H2,1H3. The fraction of sp³-hybridized carbons (Fsp3) is 0.727. The van der Waals surface area contributed by atoms with Crippen LogP contribution in [0.15, 0.2) is 17.6 Å². The molecule has 18 heavy (non-hydrogen) atoms. The van der Waals surface area contributed by atoms with Crippen molar-refractivity contribution in [3.8, 4) is 0 Å². The van der Waals surface area contributed by atoms with Crippen LogP contribution in [-0.2, 0) is 17.1 Å². The van der Waals surface area contributed by atoms with Crippen LogP contribution in [0.1, 0.15) is 25.7 Å². The molecule has 2 heterocycles. The highest BCUT2D eigenvalue weighted by atomic mass is 32.2. The lowest BCUT2D eigenvalue weighted by Crippen LogP contribution is -2.44. The maximum Gasteiger partial charge on any atom is 0.262 e. The van der Waals surface area contributed by atoms with E-state index in [4.69, 9.17) is 5.11 Å². The van der Waals surface area contributed by atoms with Crippen molar-refractivity contribution in [1.29, 1.82) is 0 Å². The molecule has 7 heteroatoms. The summed E-state index contributed by atoms with van der Waals surface area (Å²) in [6.45, 7) is 0.530. The van der Waals surface area contributed by atoms with Crippen molar-refractivity contribution in [2.45, 2.75) is 36.8 Å². The zero-order chi connectivity index (χ0) is 13.2. The molecular weight excluding hydrogens is 254 g/mol. The van der Waals surface area contributed by atoms with Crippen LogP contribution in [0.4, 0.5) is 0 Å². The number of sulfonamides is 1. The number of imidazole rings is 1. The molecular formula is C11H19N3O3S. The van der Waals surface area contributed by atoms with Gasteiger partial charge in [0.25, 0.3) is 10.0 Å². The van der Waals surface area contributed by atoms with E-state index in [0.717, 1.165) is 19.3 Å². The summed E-state index contributed by atoms with van der Waals surface area (Å²) in [6.07, 6.45) is 6.18. The minimum Gasteiger partial charge on any atom is -0.396 e. The average molecular weight is 273 g/mol. The quantitative estimate of drug-likeness (QED) is 0.858. The van der Waals surface area contributed by atoms with Gasteiger partial charge in [-0.15, -0.1) is 0 Å². The van der Waals surface area contributed by atoms with E-state index in [1.165, 1.54) is 16.8 Å². The molecule has 1 aromatic heterocycles. The zero-order valence-corrected chi connectivity index (χ0v) is 11.3. The lowest BCUT2D eigenvalue weighted by molar-refractivity contribution is 0.192. The molecule has 1 unspecified atom stereocenters. The molecule has 0 radical (unpaired) electrons. The van der Waals surface area contributed by atoms with Crippen LogP contribution >= 0.6 is 0 Å². The predicted octanol–water partition coefficient (Wildman–Crippen LogP) is 0.346. The Kier molecular flexibility index (Phi) is 4.04. The van der Waals surface area contributed by atoms with Crippen molar-refractivity contribution in [2.24, 2.45) is 7.05 Å². The van der Waals surface area contributed by atoms with Crippen LogP contribution in [-0.4, -0.2) is 46.6 Å². The van der Waals surface area contributed by atoms with E-state index >= 15 is 0 Å². The molecule has 0 saturated carbocycles. The predicted molar refractivity (Wildman–Crippen MR) is 66.4 cm³/mol. The van der Waals surface area contributed by atoms with Gasteiger partial charge in [0, 0.05) is 32.4 Å². The Bertz CT molecular complexity index is 495. The Morgan fingerprint density at radius 3 is 2.89 bits per heavy atom. The third-order valence-electron chi connectivity index (χ3n) is 3.29. The molecule has 0 aliphatic carbocycles. The number of hydrogen-bond acceptors (Lipinski definition) is 4. The third-order valence-corrected chi connectivity index (χ3v) is 5.13. The molecule has 1 atom stereocenters. The van der Waals surface area contributed by atoms with Crippen LogP contribution in [0, 0.1) is 0 Å². The van der Waals surface area contributed by atoms with Gasteiger partial charge in [-0.2, -0.15) is 4.31 Å². The van der Waals surface area contributed by atoms with E-state index < -0.39 is 10.0 Å². The molecule has 0 spiro atoms. The molecule has 102 valence electrons. The number of aliphatic hydroxyl groups excluding tert-OH is 1. The first-order chi connectivity index (χ1) is 8.55. The third kappa shape index (κ3) is 2.57. The van der Waals surface area contributed by atoms with E-state index in [9.17, 15) is 8.42 Å². The molecule has 1 aromatic rings. The molecule has 1 aliphatic rings. The SMILES string of the molecule is Cn1cnc(S(=O)(=O)N2CCCCC2CCO)c1. The van der Waals surface area contributed by atoms with Crippen LogP contribution < -0.4 is 0 Å². The van der Waals surface area contributed by atoms with Gasteiger partial charge < -0.3 is 9.67 Å². The van der Waals surface area contributed by atoms with Gasteiger partial charge in [-0.3, -0.25) is 0 Å². The average Bonchev–Trinajstić information content (AvgIpc) is 2.78. The fourth-order valence-electron chi connectivity index (χ4n) is 2.37. The summed E-state index contributed by atoms with van der Waals surface area (Å²) in [4.78, 5) is 3.93. The molecule has 1 saturated heterocycles. The fourth-order valence-corrected chi connectivity index (χ4v) is 4.06. The van der Waals surface area contributed by atoms with Crippen molar-refractivity contribution in [1.82, 2.24) is 13.9 Å². The summed E-state index contributed by atoms with van der Waals surface area (Å²) in [7, 11) is -1.78. The second-order valence-electron chi connectivity index (χ2n) is 4.66. The largest absolute Gasteiger partial charge is 0.396 e. The Labute approximate surface area is 107 Å². The number of aromatic nitrogens is 2. The van der Waals surface area contributed by atoms with Gasteiger partial charge in [0.1, 0.15) is 0 Å². The molecule has 6 nitrogen and oxygen atoms in total. The zero-order valence-electron chi connectivity index (χ0n) is 10.5. The van der Waals surface area contributed by atoms with Gasteiger partial charge in [0.2, 0.25) is 0 Å². The van der Waals surface area contributed by atoms with Gasteiger partial charge >= 0.3 is 0 Å². The van der Waals surface area contributed by atoms with Gasteiger partial charge in [0.05, 0.1) is 6.33 Å².